The SMILES string of the molecule is O=C(CC12CC3CC(CC(C3)C1)C2)Nc1cccc2nc(C(=O)N3CCCC3C(=O)O)cn12. The van der Waals surface area contributed by atoms with E-state index in [1.165, 1.54) is 43.4 Å². The van der Waals surface area contributed by atoms with Crippen molar-refractivity contribution < 1.29 is 19.5 Å². The highest BCUT2D eigenvalue weighted by molar-refractivity contribution is 5.96. The van der Waals surface area contributed by atoms with E-state index in [4.69, 9.17) is 0 Å². The number of carbonyl (C=O) groups excluding carboxylic acids is 2. The predicted molar refractivity (Wildman–Crippen MR) is 121 cm³/mol. The van der Waals surface area contributed by atoms with E-state index in [0.29, 0.717) is 37.3 Å². The highest BCUT2D eigenvalue weighted by Crippen LogP contribution is 2.61. The van der Waals surface area contributed by atoms with Crippen LogP contribution in [-0.4, -0.2) is 49.8 Å². The van der Waals surface area contributed by atoms with Gasteiger partial charge < -0.3 is 15.3 Å². The molecule has 2 amide bonds. The summed E-state index contributed by atoms with van der Waals surface area (Å²) in [6, 6.07) is 4.61. The van der Waals surface area contributed by atoms with Gasteiger partial charge in [0.25, 0.3) is 5.91 Å². The number of nitrogens with one attached hydrogen (secondary N) is 1. The monoisotopic (exact) mass is 450 g/mol. The zero-order valence-electron chi connectivity index (χ0n) is 18.7. The van der Waals surface area contributed by atoms with E-state index >= 15 is 0 Å². The minimum absolute atomic E-state index is 0.0245. The molecule has 0 aromatic carbocycles. The van der Waals surface area contributed by atoms with Gasteiger partial charge >= 0.3 is 5.97 Å². The summed E-state index contributed by atoms with van der Waals surface area (Å²) in [4.78, 5) is 43.4. The molecule has 8 nitrogen and oxygen atoms in total. The van der Waals surface area contributed by atoms with Gasteiger partial charge in [0.1, 0.15) is 23.2 Å². The van der Waals surface area contributed by atoms with Gasteiger partial charge in [0.2, 0.25) is 5.91 Å². The van der Waals surface area contributed by atoms with Crippen molar-refractivity contribution >= 4 is 29.2 Å². The van der Waals surface area contributed by atoms with Crippen molar-refractivity contribution in [1.82, 2.24) is 14.3 Å². The lowest BCUT2D eigenvalue weighted by molar-refractivity contribution is -0.141. The number of carbonyl (C=O) groups is 3. The number of likely N-dealkylation sites (tertiary alicyclic amines) is 1. The summed E-state index contributed by atoms with van der Waals surface area (Å²) < 4.78 is 1.72. The molecule has 4 bridgehead atoms. The van der Waals surface area contributed by atoms with Gasteiger partial charge in [0.15, 0.2) is 0 Å². The summed E-state index contributed by atoms with van der Waals surface area (Å²) in [6.07, 6.45) is 10.9. The smallest absolute Gasteiger partial charge is 0.326 e. The number of imidazole rings is 1. The van der Waals surface area contributed by atoms with Gasteiger partial charge in [-0.2, -0.15) is 0 Å². The average molecular weight is 451 g/mol. The van der Waals surface area contributed by atoms with E-state index < -0.39 is 12.0 Å². The Hall–Kier alpha value is -2.90. The lowest BCUT2D eigenvalue weighted by Gasteiger charge is -2.56. The Morgan fingerprint density at radius 2 is 1.79 bits per heavy atom. The molecule has 33 heavy (non-hydrogen) atoms. The van der Waals surface area contributed by atoms with Gasteiger partial charge in [0.05, 0.1) is 0 Å². The largest absolute Gasteiger partial charge is 0.480 e. The first kappa shape index (κ1) is 20.7. The van der Waals surface area contributed by atoms with Crippen LogP contribution < -0.4 is 5.32 Å². The van der Waals surface area contributed by atoms with Crippen LogP contribution >= 0.6 is 0 Å². The second-order valence-corrected chi connectivity index (χ2v) is 10.9. The molecule has 2 aromatic heterocycles. The Morgan fingerprint density at radius 1 is 1.09 bits per heavy atom. The first-order chi connectivity index (χ1) is 15.9. The number of pyridine rings is 1. The van der Waals surface area contributed by atoms with E-state index in [2.05, 4.69) is 10.3 Å². The van der Waals surface area contributed by atoms with E-state index in [-0.39, 0.29) is 22.9 Å². The molecular formula is C25H30N4O4. The summed E-state index contributed by atoms with van der Waals surface area (Å²) in [5.41, 5.74) is 0.910. The van der Waals surface area contributed by atoms with Crippen molar-refractivity contribution in [3.8, 4) is 0 Å². The summed E-state index contributed by atoms with van der Waals surface area (Å²) in [7, 11) is 0. The van der Waals surface area contributed by atoms with Crippen molar-refractivity contribution in [2.24, 2.45) is 23.2 Å². The van der Waals surface area contributed by atoms with Crippen LogP contribution in [0.4, 0.5) is 5.82 Å². The van der Waals surface area contributed by atoms with Crippen molar-refractivity contribution in [2.75, 3.05) is 11.9 Å². The van der Waals surface area contributed by atoms with Gasteiger partial charge in [-0.15, -0.1) is 0 Å². The molecule has 3 heterocycles. The fraction of sp³-hybridized carbons (Fsp3) is 0.600. The summed E-state index contributed by atoms with van der Waals surface area (Å²) >= 11 is 0. The van der Waals surface area contributed by atoms with Crippen LogP contribution in [0, 0.1) is 23.2 Å². The predicted octanol–water partition coefficient (Wildman–Crippen LogP) is 3.57. The third kappa shape index (κ3) is 3.60. The second kappa shape index (κ2) is 7.57. The Labute approximate surface area is 192 Å². The Bertz CT molecular complexity index is 1100. The van der Waals surface area contributed by atoms with E-state index in [0.717, 1.165) is 17.8 Å². The summed E-state index contributed by atoms with van der Waals surface area (Å²) in [5, 5.41) is 12.5. The Kier molecular flexibility index (Phi) is 4.74. The van der Waals surface area contributed by atoms with E-state index in [9.17, 15) is 19.5 Å². The summed E-state index contributed by atoms with van der Waals surface area (Å²) in [5.74, 6) is 1.65. The third-order valence-electron chi connectivity index (χ3n) is 8.48. The zero-order valence-corrected chi connectivity index (χ0v) is 18.7. The van der Waals surface area contributed by atoms with Crippen molar-refractivity contribution in [3.63, 3.8) is 0 Å². The highest BCUT2D eigenvalue weighted by atomic mass is 16.4. The van der Waals surface area contributed by atoms with Gasteiger partial charge in [-0.05, 0) is 86.7 Å². The number of hydrogen-bond acceptors (Lipinski definition) is 4. The van der Waals surface area contributed by atoms with Crippen LogP contribution in [0.5, 0.6) is 0 Å². The molecule has 5 fully saturated rings. The molecule has 8 heteroatoms. The third-order valence-corrected chi connectivity index (χ3v) is 8.48. The maximum atomic E-state index is 13.1. The van der Waals surface area contributed by atoms with E-state index in [1.807, 2.05) is 12.1 Å². The molecular weight excluding hydrogens is 420 g/mol. The van der Waals surface area contributed by atoms with Crippen LogP contribution in [0.2, 0.25) is 0 Å². The first-order valence-electron chi connectivity index (χ1n) is 12.2. The van der Waals surface area contributed by atoms with Gasteiger partial charge in [-0.3, -0.25) is 14.0 Å². The van der Waals surface area contributed by atoms with Gasteiger partial charge in [0, 0.05) is 19.2 Å². The molecule has 2 N–H and O–H groups in total. The lowest BCUT2D eigenvalue weighted by atomic mass is 9.49. The molecule has 4 aliphatic carbocycles. The van der Waals surface area contributed by atoms with Crippen molar-refractivity contribution in [2.45, 2.75) is 63.8 Å². The Morgan fingerprint density at radius 3 is 2.45 bits per heavy atom. The number of carboxylic acid groups (broad SMARTS) is 1. The molecule has 4 saturated carbocycles. The molecule has 5 aliphatic rings. The number of amides is 2. The second-order valence-electron chi connectivity index (χ2n) is 10.9. The molecule has 0 radical (unpaired) electrons. The average Bonchev–Trinajstić information content (AvgIpc) is 3.40. The minimum atomic E-state index is -0.984. The molecule has 1 atom stereocenters. The van der Waals surface area contributed by atoms with Crippen molar-refractivity contribution in [3.05, 3.63) is 30.1 Å². The molecule has 1 unspecified atom stereocenters. The maximum Gasteiger partial charge on any atom is 0.326 e. The first-order valence-corrected chi connectivity index (χ1v) is 12.2. The van der Waals surface area contributed by atoms with Crippen LogP contribution in [-0.2, 0) is 9.59 Å². The Balaban J connectivity index is 1.20. The number of carboxylic acids is 1. The number of fused-ring (bicyclic) bond motifs is 1. The highest BCUT2D eigenvalue weighted by Gasteiger charge is 2.51. The van der Waals surface area contributed by atoms with Gasteiger partial charge in [-0.1, -0.05) is 6.07 Å². The number of aliphatic carboxylic acids is 1. The van der Waals surface area contributed by atoms with Crippen molar-refractivity contribution in [1.29, 1.82) is 0 Å². The van der Waals surface area contributed by atoms with Crippen LogP contribution in [0.15, 0.2) is 24.4 Å². The minimum Gasteiger partial charge on any atom is -0.480 e. The topological polar surface area (TPSA) is 104 Å². The maximum absolute atomic E-state index is 13.1. The fourth-order valence-corrected chi connectivity index (χ4v) is 7.66. The number of anilines is 1. The standard InChI is InChI=1S/C25H30N4O4/c30-22(13-25-10-15-7-16(11-25)9-17(8-15)12-25)27-21-5-1-4-20-26-18(14-29(20)21)23(31)28-6-2-3-19(28)24(32)33/h1,4-5,14-17,19H,2-3,6-13H2,(H,27,30)(H,32,33). The number of rotatable bonds is 5. The number of aromatic nitrogens is 2. The zero-order chi connectivity index (χ0) is 22.7. The molecule has 1 aliphatic heterocycles. The molecule has 174 valence electrons. The normalized spacial score (nSPS) is 32.4. The quantitative estimate of drug-likeness (QED) is 0.725. The van der Waals surface area contributed by atoms with Crippen LogP contribution in [0.3, 0.4) is 0 Å². The molecule has 7 rings (SSSR count). The summed E-state index contributed by atoms with van der Waals surface area (Å²) in [6.45, 7) is 0.415. The molecule has 1 saturated heterocycles. The lowest BCUT2D eigenvalue weighted by Crippen LogP contribution is -2.47. The number of hydrogen-bond donors (Lipinski definition) is 2. The van der Waals surface area contributed by atoms with Gasteiger partial charge in [-0.25, -0.2) is 9.78 Å². The van der Waals surface area contributed by atoms with Crippen LogP contribution in [0.25, 0.3) is 5.65 Å². The van der Waals surface area contributed by atoms with E-state index in [1.54, 1.807) is 16.7 Å². The molecule has 0 spiro atoms. The molecule has 2 aromatic rings. The fourth-order valence-electron chi connectivity index (χ4n) is 7.66. The number of nitrogens with zero attached hydrogens (tertiary/aromatic N) is 3. The van der Waals surface area contributed by atoms with Crippen LogP contribution in [0.1, 0.15) is 68.3 Å².